The Morgan fingerprint density at radius 2 is 1.85 bits per heavy atom. The summed E-state index contributed by atoms with van der Waals surface area (Å²) in [5.74, 6) is -0.603. The normalized spacial score (nSPS) is 11.3. The Labute approximate surface area is 117 Å². The van der Waals surface area contributed by atoms with Crippen LogP contribution in [0.15, 0.2) is 42.5 Å². The van der Waals surface area contributed by atoms with Gasteiger partial charge in [-0.1, -0.05) is 24.3 Å². The standard InChI is InChI=1S/C14H15FN2O2S/c1-11-6-5-9-14(16-11)17(2)20(18,19)10-12-7-3-4-8-13(12)15/h3-9H,10H2,1-2H3. The lowest BCUT2D eigenvalue weighted by molar-refractivity contribution is 0.585. The minimum Gasteiger partial charge on any atom is -0.257 e. The molecule has 0 radical (unpaired) electrons. The molecule has 0 aliphatic rings. The second-order valence-electron chi connectivity index (χ2n) is 4.45. The molecule has 20 heavy (non-hydrogen) atoms. The van der Waals surface area contributed by atoms with Crippen molar-refractivity contribution in [1.82, 2.24) is 4.98 Å². The van der Waals surface area contributed by atoms with Crippen LogP contribution in [0.2, 0.25) is 0 Å². The van der Waals surface area contributed by atoms with Gasteiger partial charge in [0.2, 0.25) is 10.0 Å². The van der Waals surface area contributed by atoms with E-state index in [1.54, 1.807) is 31.2 Å². The van der Waals surface area contributed by atoms with Gasteiger partial charge in [-0.2, -0.15) is 0 Å². The molecule has 0 aliphatic carbocycles. The topological polar surface area (TPSA) is 50.3 Å². The minimum atomic E-state index is -3.67. The van der Waals surface area contributed by atoms with Gasteiger partial charge in [0.05, 0.1) is 5.75 Å². The third kappa shape index (κ3) is 3.14. The van der Waals surface area contributed by atoms with Crippen LogP contribution in [0.4, 0.5) is 10.2 Å². The molecule has 6 heteroatoms. The Kier molecular flexibility index (Phi) is 4.04. The first-order valence-electron chi connectivity index (χ1n) is 6.04. The monoisotopic (exact) mass is 294 g/mol. The number of anilines is 1. The fourth-order valence-electron chi connectivity index (χ4n) is 1.76. The summed E-state index contributed by atoms with van der Waals surface area (Å²) in [6, 6.07) is 11.0. The molecule has 2 rings (SSSR count). The van der Waals surface area contributed by atoms with Crippen molar-refractivity contribution < 1.29 is 12.8 Å². The van der Waals surface area contributed by atoms with Crippen LogP contribution < -0.4 is 4.31 Å². The first-order chi connectivity index (χ1) is 9.40. The molecule has 2 aromatic rings. The van der Waals surface area contributed by atoms with E-state index < -0.39 is 21.6 Å². The Hall–Kier alpha value is -1.95. The molecule has 1 aromatic heterocycles. The van der Waals surface area contributed by atoms with Gasteiger partial charge in [-0.3, -0.25) is 4.31 Å². The maximum absolute atomic E-state index is 13.6. The third-order valence-electron chi connectivity index (χ3n) is 2.91. The van der Waals surface area contributed by atoms with Crippen molar-refractivity contribution in [2.45, 2.75) is 12.7 Å². The molecule has 0 spiro atoms. The smallest absolute Gasteiger partial charge is 0.240 e. The van der Waals surface area contributed by atoms with Crippen LogP contribution in [-0.2, 0) is 15.8 Å². The van der Waals surface area contributed by atoms with Crippen LogP contribution >= 0.6 is 0 Å². The van der Waals surface area contributed by atoms with Gasteiger partial charge in [0, 0.05) is 18.3 Å². The fourth-order valence-corrected chi connectivity index (χ4v) is 2.96. The fraction of sp³-hybridized carbons (Fsp3) is 0.214. The number of rotatable bonds is 4. The zero-order valence-electron chi connectivity index (χ0n) is 11.2. The van der Waals surface area contributed by atoms with Crippen LogP contribution in [0.25, 0.3) is 0 Å². The average Bonchev–Trinajstić information content (AvgIpc) is 2.40. The zero-order chi connectivity index (χ0) is 14.8. The molecule has 0 saturated heterocycles. The molecule has 0 unspecified atom stereocenters. The van der Waals surface area contributed by atoms with E-state index in [-0.39, 0.29) is 5.56 Å². The molecule has 1 heterocycles. The van der Waals surface area contributed by atoms with Gasteiger partial charge in [0.1, 0.15) is 11.6 Å². The molecule has 1 aromatic carbocycles. The highest BCUT2D eigenvalue weighted by Crippen LogP contribution is 2.18. The summed E-state index contributed by atoms with van der Waals surface area (Å²) in [4.78, 5) is 4.16. The Morgan fingerprint density at radius 3 is 2.50 bits per heavy atom. The number of sulfonamides is 1. The van der Waals surface area contributed by atoms with Crippen molar-refractivity contribution in [3.05, 3.63) is 59.5 Å². The number of aryl methyl sites for hydroxylation is 1. The maximum Gasteiger partial charge on any atom is 0.240 e. The summed E-state index contributed by atoms with van der Waals surface area (Å²) < 4.78 is 39.2. The van der Waals surface area contributed by atoms with Gasteiger partial charge in [-0.15, -0.1) is 0 Å². The quantitative estimate of drug-likeness (QED) is 0.870. The summed E-state index contributed by atoms with van der Waals surface area (Å²) in [6.45, 7) is 1.78. The van der Waals surface area contributed by atoms with E-state index in [0.29, 0.717) is 5.82 Å². The highest BCUT2D eigenvalue weighted by molar-refractivity contribution is 7.92. The van der Waals surface area contributed by atoms with Gasteiger partial charge in [0.15, 0.2) is 0 Å². The molecular weight excluding hydrogens is 279 g/mol. The Balaban J connectivity index is 2.29. The SMILES string of the molecule is Cc1cccc(N(C)S(=O)(=O)Cc2ccccc2F)n1. The number of aromatic nitrogens is 1. The lowest BCUT2D eigenvalue weighted by atomic mass is 10.2. The number of hydrogen-bond donors (Lipinski definition) is 0. The van der Waals surface area contributed by atoms with Crippen LogP contribution in [-0.4, -0.2) is 20.4 Å². The van der Waals surface area contributed by atoms with Crippen LogP contribution in [0.3, 0.4) is 0 Å². The van der Waals surface area contributed by atoms with E-state index in [4.69, 9.17) is 0 Å². The van der Waals surface area contributed by atoms with Crippen LogP contribution in [0.1, 0.15) is 11.3 Å². The van der Waals surface area contributed by atoms with Crippen molar-refractivity contribution in [2.75, 3.05) is 11.4 Å². The first-order valence-corrected chi connectivity index (χ1v) is 7.65. The highest BCUT2D eigenvalue weighted by atomic mass is 32.2. The summed E-state index contributed by atoms with van der Waals surface area (Å²) in [5.41, 5.74) is 0.863. The number of halogens is 1. The summed E-state index contributed by atoms with van der Waals surface area (Å²) in [6.07, 6.45) is 0. The largest absolute Gasteiger partial charge is 0.257 e. The van der Waals surface area contributed by atoms with E-state index >= 15 is 0 Å². The molecule has 0 atom stereocenters. The van der Waals surface area contributed by atoms with Gasteiger partial charge >= 0.3 is 0 Å². The van der Waals surface area contributed by atoms with E-state index in [0.717, 1.165) is 10.00 Å². The number of hydrogen-bond acceptors (Lipinski definition) is 3. The summed E-state index contributed by atoms with van der Waals surface area (Å²) >= 11 is 0. The van der Waals surface area contributed by atoms with Gasteiger partial charge in [0.25, 0.3) is 0 Å². The molecule has 106 valence electrons. The van der Waals surface area contributed by atoms with E-state index in [1.165, 1.54) is 25.2 Å². The van der Waals surface area contributed by atoms with Crippen molar-refractivity contribution in [2.24, 2.45) is 0 Å². The zero-order valence-corrected chi connectivity index (χ0v) is 12.1. The van der Waals surface area contributed by atoms with Gasteiger partial charge in [-0.25, -0.2) is 17.8 Å². The minimum absolute atomic E-state index is 0.145. The second kappa shape index (κ2) is 5.58. The molecule has 0 bridgehead atoms. The van der Waals surface area contributed by atoms with Crippen molar-refractivity contribution >= 4 is 15.8 Å². The van der Waals surface area contributed by atoms with Gasteiger partial charge < -0.3 is 0 Å². The molecule has 0 saturated carbocycles. The van der Waals surface area contributed by atoms with Crippen molar-refractivity contribution in [3.63, 3.8) is 0 Å². The van der Waals surface area contributed by atoms with Crippen LogP contribution in [0.5, 0.6) is 0 Å². The summed E-state index contributed by atoms with van der Waals surface area (Å²) in [5, 5.41) is 0. The molecule has 0 N–H and O–H groups in total. The van der Waals surface area contributed by atoms with E-state index in [1.807, 2.05) is 0 Å². The maximum atomic E-state index is 13.6. The molecule has 0 amide bonds. The Bertz CT molecular complexity index is 717. The predicted octanol–water partition coefficient (Wildman–Crippen LogP) is 2.50. The lowest BCUT2D eigenvalue weighted by Gasteiger charge is -2.18. The third-order valence-corrected chi connectivity index (χ3v) is 4.61. The number of benzene rings is 1. The molecular formula is C14H15FN2O2S. The first kappa shape index (κ1) is 14.5. The van der Waals surface area contributed by atoms with Crippen molar-refractivity contribution in [3.8, 4) is 0 Å². The number of pyridine rings is 1. The van der Waals surface area contributed by atoms with E-state index in [2.05, 4.69) is 4.98 Å². The molecule has 4 nitrogen and oxygen atoms in total. The number of nitrogens with zero attached hydrogens (tertiary/aromatic N) is 2. The van der Waals surface area contributed by atoms with E-state index in [9.17, 15) is 12.8 Å². The summed E-state index contributed by atoms with van der Waals surface area (Å²) in [7, 11) is -2.26. The van der Waals surface area contributed by atoms with Crippen LogP contribution in [0, 0.1) is 12.7 Å². The Morgan fingerprint density at radius 1 is 1.15 bits per heavy atom. The molecule has 0 fully saturated rings. The predicted molar refractivity (Wildman–Crippen MR) is 76.4 cm³/mol. The van der Waals surface area contributed by atoms with Crippen molar-refractivity contribution in [1.29, 1.82) is 0 Å². The highest BCUT2D eigenvalue weighted by Gasteiger charge is 2.21. The van der Waals surface area contributed by atoms with Gasteiger partial charge in [-0.05, 0) is 25.1 Å². The second-order valence-corrected chi connectivity index (χ2v) is 6.45. The molecule has 0 aliphatic heterocycles. The lowest BCUT2D eigenvalue weighted by Crippen LogP contribution is -2.29. The average molecular weight is 294 g/mol.